The van der Waals surface area contributed by atoms with E-state index in [0.717, 1.165) is 72.9 Å². The van der Waals surface area contributed by atoms with Gasteiger partial charge in [-0.3, -0.25) is 0 Å². The minimum Gasteiger partial charge on any atom is -0.494 e. The smallest absolute Gasteiger partial charge is 0.119 e. The Bertz CT molecular complexity index is 1180. The Morgan fingerprint density at radius 2 is 1.73 bits per heavy atom. The van der Waals surface area contributed by atoms with Crippen molar-refractivity contribution < 1.29 is 14.2 Å². The van der Waals surface area contributed by atoms with Crippen molar-refractivity contribution >= 4 is 11.5 Å². The van der Waals surface area contributed by atoms with Gasteiger partial charge in [-0.25, -0.2) is 4.99 Å². The number of morpholine rings is 1. The summed E-state index contributed by atoms with van der Waals surface area (Å²) < 4.78 is 17.7. The fraction of sp³-hybridized carbons (Fsp3) is 0.500. The van der Waals surface area contributed by atoms with Crippen molar-refractivity contribution in [3.8, 4) is 16.9 Å². The molecule has 1 atom stereocenters. The van der Waals surface area contributed by atoms with Crippen LogP contribution in [-0.4, -0.2) is 56.4 Å². The Balaban J connectivity index is 1.14. The van der Waals surface area contributed by atoms with Crippen LogP contribution in [0.15, 0.2) is 77.1 Å². The maximum Gasteiger partial charge on any atom is 0.119 e. The zero-order chi connectivity index (χ0) is 27.7. The lowest BCUT2D eigenvalue weighted by atomic mass is 10.1. The average Bonchev–Trinajstić information content (AvgIpc) is 3.74. The number of ether oxygens (including phenoxy) is 3. The van der Waals surface area contributed by atoms with Crippen LogP contribution in [-0.2, 0) is 9.47 Å². The fourth-order valence-electron chi connectivity index (χ4n) is 5.40. The lowest BCUT2D eigenvalue weighted by molar-refractivity contribution is -0.0177. The molecule has 2 aromatic carbocycles. The molecule has 1 aliphatic carbocycles. The van der Waals surface area contributed by atoms with Gasteiger partial charge < -0.3 is 24.4 Å². The van der Waals surface area contributed by atoms with Crippen LogP contribution in [0.4, 0.5) is 5.69 Å². The van der Waals surface area contributed by atoms with Crippen molar-refractivity contribution in [2.45, 2.75) is 64.9 Å². The molecule has 0 aromatic heterocycles. The molecule has 0 radical (unpaired) electrons. The fourth-order valence-corrected chi connectivity index (χ4v) is 5.40. The highest BCUT2D eigenvalue weighted by molar-refractivity contribution is 5.81. The number of nitrogens with one attached hydrogen (secondary N) is 1. The summed E-state index contributed by atoms with van der Waals surface area (Å²) in [6.07, 6.45) is 9.19. The van der Waals surface area contributed by atoms with E-state index in [2.05, 4.69) is 79.2 Å². The highest BCUT2D eigenvalue weighted by Crippen LogP contribution is 2.36. The number of unbranched alkanes of at least 4 members (excludes halogenated alkanes) is 4. The summed E-state index contributed by atoms with van der Waals surface area (Å²) in [6, 6.07) is 16.8. The summed E-state index contributed by atoms with van der Waals surface area (Å²) >= 11 is 0. The number of rotatable bonds is 13. The van der Waals surface area contributed by atoms with Crippen LogP contribution in [0.1, 0.15) is 58.8 Å². The normalized spacial score (nSPS) is 19.7. The summed E-state index contributed by atoms with van der Waals surface area (Å²) in [4.78, 5) is 7.34. The van der Waals surface area contributed by atoms with Gasteiger partial charge in [-0.2, -0.15) is 0 Å². The third kappa shape index (κ3) is 7.76. The molecule has 2 aromatic rings. The highest BCUT2D eigenvalue weighted by atomic mass is 16.5. The maximum absolute atomic E-state index is 5.98. The van der Waals surface area contributed by atoms with Crippen LogP contribution in [0.2, 0.25) is 0 Å². The topological polar surface area (TPSA) is 55.3 Å². The standard InChI is InChI=1S/C34H45N3O3/c1-4-5-6-7-8-20-39-31-17-13-28(14-18-31)27-11-15-30(16-12-27)35-25(2)32-23-38-24-33(32)36-26(3)37-19-21-40-34(22-37)29-9-10-29/h11-18,29,34-35H,2,4-10,19-24H2,1,3H3/b36-26+. The van der Waals surface area contributed by atoms with E-state index in [0.29, 0.717) is 19.3 Å². The minimum atomic E-state index is 0.350. The Morgan fingerprint density at radius 3 is 2.45 bits per heavy atom. The van der Waals surface area contributed by atoms with Gasteiger partial charge in [0.1, 0.15) is 11.6 Å². The van der Waals surface area contributed by atoms with Gasteiger partial charge >= 0.3 is 0 Å². The van der Waals surface area contributed by atoms with Crippen molar-refractivity contribution in [3.05, 3.63) is 72.1 Å². The van der Waals surface area contributed by atoms with Crippen molar-refractivity contribution in [1.29, 1.82) is 0 Å². The molecule has 2 aliphatic heterocycles. The summed E-state index contributed by atoms with van der Waals surface area (Å²) in [5, 5.41) is 3.47. The molecule has 40 heavy (non-hydrogen) atoms. The molecule has 1 N–H and O–H groups in total. The van der Waals surface area contributed by atoms with Crippen molar-refractivity contribution in [1.82, 2.24) is 4.90 Å². The largest absolute Gasteiger partial charge is 0.494 e. The second-order valence-corrected chi connectivity index (χ2v) is 11.2. The van der Waals surface area contributed by atoms with E-state index in [9.17, 15) is 0 Å². The molecule has 6 heteroatoms. The average molecular weight is 544 g/mol. The molecule has 1 saturated heterocycles. The van der Waals surface area contributed by atoms with Crippen molar-refractivity contribution in [2.24, 2.45) is 10.9 Å². The molecule has 0 amide bonds. The van der Waals surface area contributed by atoms with E-state index < -0.39 is 0 Å². The third-order valence-corrected chi connectivity index (χ3v) is 8.08. The van der Waals surface area contributed by atoms with Gasteiger partial charge in [0.2, 0.25) is 0 Å². The minimum absolute atomic E-state index is 0.350. The molecule has 0 bridgehead atoms. The van der Waals surface area contributed by atoms with E-state index >= 15 is 0 Å². The molecule has 6 nitrogen and oxygen atoms in total. The molecular weight excluding hydrogens is 498 g/mol. The van der Waals surface area contributed by atoms with Crippen LogP contribution in [0.3, 0.4) is 0 Å². The van der Waals surface area contributed by atoms with Crippen LogP contribution >= 0.6 is 0 Å². The highest BCUT2D eigenvalue weighted by Gasteiger charge is 2.35. The summed E-state index contributed by atoms with van der Waals surface area (Å²) in [7, 11) is 0. The number of amidine groups is 1. The zero-order valence-electron chi connectivity index (χ0n) is 24.3. The summed E-state index contributed by atoms with van der Waals surface area (Å²) in [5.74, 6) is 2.71. The van der Waals surface area contributed by atoms with Gasteiger partial charge in [-0.05, 0) is 67.5 Å². The van der Waals surface area contributed by atoms with Crippen LogP contribution in [0.25, 0.3) is 11.1 Å². The molecule has 2 heterocycles. The van der Waals surface area contributed by atoms with Gasteiger partial charge in [-0.15, -0.1) is 0 Å². The first kappa shape index (κ1) is 28.4. The molecule has 0 spiro atoms. The number of anilines is 1. The lowest BCUT2D eigenvalue weighted by Gasteiger charge is -2.34. The molecule has 5 rings (SSSR count). The number of hydrogen-bond donors (Lipinski definition) is 1. The molecule has 1 unspecified atom stereocenters. The lowest BCUT2D eigenvalue weighted by Crippen LogP contribution is -2.45. The van der Waals surface area contributed by atoms with Gasteiger partial charge in [0.25, 0.3) is 0 Å². The second-order valence-electron chi connectivity index (χ2n) is 11.2. The maximum atomic E-state index is 5.98. The predicted molar refractivity (Wildman–Crippen MR) is 164 cm³/mol. The van der Waals surface area contributed by atoms with E-state index in [1.54, 1.807) is 0 Å². The van der Waals surface area contributed by atoms with Crippen LogP contribution < -0.4 is 10.1 Å². The zero-order valence-corrected chi connectivity index (χ0v) is 24.3. The summed E-state index contributed by atoms with van der Waals surface area (Å²) in [5.41, 5.74) is 6.18. The number of nitrogens with zero attached hydrogens (tertiary/aromatic N) is 2. The Morgan fingerprint density at radius 1 is 1.00 bits per heavy atom. The first-order valence-electron chi connectivity index (χ1n) is 15.1. The Hall–Kier alpha value is -3.09. The molecule has 3 aliphatic rings. The summed E-state index contributed by atoms with van der Waals surface area (Å²) in [6.45, 7) is 13.1. The van der Waals surface area contributed by atoms with Crippen LogP contribution in [0, 0.1) is 5.92 Å². The quantitative estimate of drug-likeness (QED) is 0.162. The van der Waals surface area contributed by atoms with E-state index in [4.69, 9.17) is 19.2 Å². The second kappa shape index (κ2) is 14.0. The monoisotopic (exact) mass is 543 g/mol. The van der Waals surface area contributed by atoms with Gasteiger partial charge in [-0.1, -0.05) is 63.5 Å². The van der Waals surface area contributed by atoms with Gasteiger partial charge in [0.15, 0.2) is 0 Å². The Kier molecular flexibility index (Phi) is 9.95. The molecule has 2 fully saturated rings. The molecular formula is C34H45N3O3. The van der Waals surface area contributed by atoms with Gasteiger partial charge in [0.05, 0.1) is 38.2 Å². The predicted octanol–water partition coefficient (Wildman–Crippen LogP) is 7.44. The molecule has 214 valence electrons. The number of hydrogen-bond acceptors (Lipinski definition) is 5. The SMILES string of the molecule is C=C(Nc1ccc(-c2ccc(OCCCCCCC)cc2)cc1)C1=C(/N=C(\C)N2CCOC(C3CC3)C2)COC1. The van der Waals surface area contributed by atoms with Crippen molar-refractivity contribution in [3.63, 3.8) is 0 Å². The number of benzene rings is 2. The van der Waals surface area contributed by atoms with E-state index in [-0.39, 0.29) is 0 Å². The van der Waals surface area contributed by atoms with E-state index in [1.165, 1.54) is 49.7 Å². The third-order valence-electron chi connectivity index (χ3n) is 8.08. The van der Waals surface area contributed by atoms with Gasteiger partial charge in [0, 0.05) is 30.0 Å². The van der Waals surface area contributed by atoms with Crippen molar-refractivity contribution in [2.75, 3.05) is 44.8 Å². The number of aliphatic imine (C=N–C) groups is 1. The first-order valence-corrected chi connectivity index (χ1v) is 15.1. The van der Waals surface area contributed by atoms with Crippen LogP contribution in [0.5, 0.6) is 5.75 Å². The van der Waals surface area contributed by atoms with E-state index in [1.807, 2.05) is 0 Å². The first-order chi connectivity index (χ1) is 19.6. The Labute approximate surface area is 240 Å². The molecule has 1 saturated carbocycles.